The predicted octanol–water partition coefficient (Wildman–Crippen LogP) is 4.31. The van der Waals surface area contributed by atoms with Crippen molar-refractivity contribution in [2.24, 2.45) is 0 Å². The van der Waals surface area contributed by atoms with Crippen LogP contribution >= 0.6 is 11.3 Å². The van der Waals surface area contributed by atoms with Gasteiger partial charge in [-0.15, -0.1) is 0 Å². The van der Waals surface area contributed by atoms with Crippen LogP contribution in [0.25, 0.3) is 11.1 Å². The first-order valence-electron chi connectivity index (χ1n) is 6.84. The second kappa shape index (κ2) is 5.63. The van der Waals surface area contributed by atoms with Crippen molar-refractivity contribution in [1.82, 2.24) is 0 Å². The summed E-state index contributed by atoms with van der Waals surface area (Å²) in [5.41, 5.74) is 2.04. The standard InChI is InChI=1S/C15H16N2O2S/c18-17(19)14-11-13(12-7-3-1-4-8-12)15(20-14)16-9-5-2-6-10-16/h1,3-4,7-8,11H,2,5-6,9-10H2. The van der Waals surface area contributed by atoms with Crippen LogP contribution in [0.1, 0.15) is 19.3 Å². The number of hydrogen-bond donors (Lipinski definition) is 0. The minimum absolute atomic E-state index is 0.226. The number of benzene rings is 1. The van der Waals surface area contributed by atoms with Gasteiger partial charge >= 0.3 is 5.00 Å². The Morgan fingerprint density at radius 3 is 2.45 bits per heavy atom. The maximum absolute atomic E-state index is 11.1. The molecule has 1 aliphatic rings. The van der Waals surface area contributed by atoms with Crippen LogP contribution < -0.4 is 4.90 Å². The molecule has 2 aromatic rings. The van der Waals surface area contributed by atoms with E-state index in [-0.39, 0.29) is 9.92 Å². The third-order valence-electron chi connectivity index (χ3n) is 3.61. The van der Waals surface area contributed by atoms with Gasteiger partial charge in [-0.1, -0.05) is 30.3 Å². The second-order valence-corrected chi connectivity index (χ2v) is 5.98. The van der Waals surface area contributed by atoms with Gasteiger partial charge in [-0.05, 0) is 36.2 Å². The van der Waals surface area contributed by atoms with Crippen molar-refractivity contribution in [3.8, 4) is 11.1 Å². The average Bonchev–Trinajstić information content (AvgIpc) is 2.94. The Morgan fingerprint density at radius 1 is 1.10 bits per heavy atom. The van der Waals surface area contributed by atoms with Crippen LogP contribution in [-0.2, 0) is 0 Å². The maximum atomic E-state index is 11.1. The molecule has 5 heteroatoms. The highest BCUT2D eigenvalue weighted by molar-refractivity contribution is 7.19. The lowest BCUT2D eigenvalue weighted by atomic mass is 10.1. The molecule has 0 saturated carbocycles. The summed E-state index contributed by atoms with van der Waals surface area (Å²) in [7, 11) is 0. The third kappa shape index (κ3) is 2.54. The van der Waals surface area contributed by atoms with Gasteiger partial charge in [0.25, 0.3) is 0 Å². The van der Waals surface area contributed by atoms with Gasteiger partial charge in [0, 0.05) is 24.7 Å². The van der Waals surface area contributed by atoms with Gasteiger partial charge in [-0.25, -0.2) is 0 Å². The molecule has 4 nitrogen and oxygen atoms in total. The number of hydrogen-bond acceptors (Lipinski definition) is 4. The fourth-order valence-electron chi connectivity index (χ4n) is 2.62. The quantitative estimate of drug-likeness (QED) is 0.624. The Balaban J connectivity index is 2.04. The zero-order valence-corrected chi connectivity index (χ0v) is 11.9. The van der Waals surface area contributed by atoms with Crippen molar-refractivity contribution < 1.29 is 4.92 Å². The number of nitrogens with zero attached hydrogens (tertiary/aromatic N) is 2. The SMILES string of the molecule is O=[N+]([O-])c1cc(-c2ccccc2)c(N2CCCCC2)s1. The number of thiophene rings is 1. The van der Waals surface area contributed by atoms with Crippen molar-refractivity contribution >= 4 is 21.3 Å². The molecule has 3 rings (SSSR count). The summed E-state index contributed by atoms with van der Waals surface area (Å²) in [6.07, 6.45) is 3.59. The van der Waals surface area contributed by atoms with Gasteiger partial charge in [0.1, 0.15) is 5.00 Å². The van der Waals surface area contributed by atoms with Gasteiger partial charge in [0.15, 0.2) is 0 Å². The molecular weight excluding hydrogens is 272 g/mol. The molecule has 1 aromatic heterocycles. The Labute approximate surface area is 121 Å². The Bertz CT molecular complexity index is 604. The zero-order chi connectivity index (χ0) is 13.9. The van der Waals surface area contributed by atoms with Crippen molar-refractivity contribution in [3.63, 3.8) is 0 Å². The first-order valence-corrected chi connectivity index (χ1v) is 7.66. The van der Waals surface area contributed by atoms with Crippen LogP contribution in [-0.4, -0.2) is 18.0 Å². The molecular formula is C15H16N2O2S. The molecule has 20 heavy (non-hydrogen) atoms. The molecule has 0 spiro atoms. The van der Waals surface area contributed by atoms with Crippen LogP contribution in [0.15, 0.2) is 36.4 Å². The van der Waals surface area contributed by atoms with E-state index in [4.69, 9.17) is 0 Å². The highest BCUT2D eigenvalue weighted by Gasteiger charge is 2.23. The summed E-state index contributed by atoms with van der Waals surface area (Å²) in [6.45, 7) is 2.00. The van der Waals surface area contributed by atoms with Gasteiger partial charge in [-0.3, -0.25) is 10.1 Å². The first-order chi connectivity index (χ1) is 9.75. The lowest BCUT2D eigenvalue weighted by Crippen LogP contribution is -2.28. The molecule has 0 unspecified atom stereocenters. The van der Waals surface area contributed by atoms with Crippen LogP contribution in [0.3, 0.4) is 0 Å². The van der Waals surface area contributed by atoms with Crippen molar-refractivity contribution in [2.75, 3.05) is 18.0 Å². The third-order valence-corrected chi connectivity index (χ3v) is 4.76. The molecule has 0 amide bonds. The molecule has 1 aliphatic heterocycles. The fraction of sp³-hybridized carbons (Fsp3) is 0.333. The Morgan fingerprint density at radius 2 is 1.80 bits per heavy atom. The minimum Gasteiger partial charge on any atom is -0.363 e. The molecule has 1 fully saturated rings. The van der Waals surface area contributed by atoms with Crippen molar-refractivity contribution in [2.45, 2.75) is 19.3 Å². The smallest absolute Gasteiger partial charge is 0.326 e. The molecule has 104 valence electrons. The van der Waals surface area contributed by atoms with E-state index in [0.29, 0.717) is 0 Å². The van der Waals surface area contributed by atoms with E-state index < -0.39 is 0 Å². The number of rotatable bonds is 3. The van der Waals surface area contributed by atoms with Crippen LogP contribution in [0.5, 0.6) is 0 Å². The summed E-state index contributed by atoms with van der Waals surface area (Å²) in [4.78, 5) is 13.1. The summed E-state index contributed by atoms with van der Waals surface area (Å²) >= 11 is 1.30. The van der Waals surface area contributed by atoms with Gasteiger partial charge in [0.05, 0.1) is 4.92 Å². The molecule has 0 radical (unpaired) electrons. The fourth-order valence-corrected chi connectivity index (χ4v) is 3.66. The number of piperidine rings is 1. The molecule has 0 atom stereocenters. The highest BCUT2D eigenvalue weighted by atomic mass is 32.1. The molecule has 0 aliphatic carbocycles. The minimum atomic E-state index is -0.287. The van der Waals surface area contributed by atoms with E-state index in [1.807, 2.05) is 30.3 Å². The first kappa shape index (κ1) is 13.1. The number of anilines is 1. The molecule has 1 aromatic carbocycles. The lowest BCUT2D eigenvalue weighted by molar-refractivity contribution is -0.380. The van der Waals surface area contributed by atoms with E-state index in [9.17, 15) is 10.1 Å². The van der Waals surface area contributed by atoms with Crippen LogP contribution in [0, 0.1) is 10.1 Å². The van der Waals surface area contributed by atoms with Gasteiger partial charge in [-0.2, -0.15) is 0 Å². The van der Waals surface area contributed by atoms with E-state index >= 15 is 0 Å². The van der Waals surface area contributed by atoms with Gasteiger partial charge in [0.2, 0.25) is 0 Å². The van der Waals surface area contributed by atoms with E-state index in [0.717, 1.165) is 29.2 Å². The molecule has 1 saturated heterocycles. The van der Waals surface area contributed by atoms with Crippen LogP contribution in [0.4, 0.5) is 10.0 Å². The summed E-state index contributed by atoms with van der Waals surface area (Å²) in [5.74, 6) is 0. The monoisotopic (exact) mass is 288 g/mol. The summed E-state index contributed by atoms with van der Waals surface area (Å²) < 4.78 is 0. The molecule has 0 N–H and O–H groups in total. The Hall–Kier alpha value is -1.88. The molecule has 0 bridgehead atoms. The number of nitro groups is 1. The summed E-state index contributed by atoms with van der Waals surface area (Å²) in [5, 5.41) is 12.3. The zero-order valence-electron chi connectivity index (χ0n) is 11.1. The largest absolute Gasteiger partial charge is 0.363 e. The normalized spacial score (nSPS) is 15.3. The predicted molar refractivity (Wildman–Crippen MR) is 82.5 cm³/mol. The lowest BCUT2D eigenvalue weighted by Gasteiger charge is -2.28. The second-order valence-electron chi connectivity index (χ2n) is 4.97. The Kier molecular flexibility index (Phi) is 3.69. The maximum Gasteiger partial charge on any atom is 0.326 e. The summed E-state index contributed by atoms with van der Waals surface area (Å²) in [6, 6.07) is 11.6. The van der Waals surface area contributed by atoms with E-state index in [1.165, 1.54) is 30.6 Å². The van der Waals surface area contributed by atoms with Crippen molar-refractivity contribution in [3.05, 3.63) is 46.5 Å². The van der Waals surface area contributed by atoms with E-state index in [2.05, 4.69) is 4.90 Å². The van der Waals surface area contributed by atoms with E-state index in [1.54, 1.807) is 6.07 Å². The van der Waals surface area contributed by atoms with Gasteiger partial charge < -0.3 is 4.90 Å². The topological polar surface area (TPSA) is 46.4 Å². The van der Waals surface area contributed by atoms with Crippen LogP contribution in [0.2, 0.25) is 0 Å². The average molecular weight is 288 g/mol. The highest BCUT2D eigenvalue weighted by Crippen LogP contribution is 2.43. The van der Waals surface area contributed by atoms with Crippen molar-refractivity contribution in [1.29, 1.82) is 0 Å². The molecule has 2 heterocycles.